The molecule has 0 spiro atoms. The molecule has 0 aliphatic heterocycles. The maximum Gasteiger partial charge on any atom is 0.227 e. The van der Waals surface area contributed by atoms with Gasteiger partial charge in [0, 0.05) is 30.8 Å². The van der Waals surface area contributed by atoms with Crippen LogP contribution >= 0.6 is 11.3 Å². The third-order valence-corrected chi connectivity index (χ3v) is 4.95. The van der Waals surface area contributed by atoms with Gasteiger partial charge in [-0.2, -0.15) is 4.98 Å². The number of anilines is 1. The third kappa shape index (κ3) is 3.85. The summed E-state index contributed by atoms with van der Waals surface area (Å²) >= 11 is 1.48. The molecule has 0 bridgehead atoms. The Labute approximate surface area is 159 Å². The summed E-state index contributed by atoms with van der Waals surface area (Å²) in [5.74, 6) is 0.750. The monoisotopic (exact) mass is 379 g/mol. The Kier molecular flexibility index (Phi) is 4.64. The summed E-state index contributed by atoms with van der Waals surface area (Å²) in [6.45, 7) is 4.07. The number of pyridine rings is 1. The number of aryl methyl sites for hydroxylation is 3. The second-order valence-corrected chi connectivity index (χ2v) is 7.28. The average Bonchev–Trinajstić information content (AvgIpc) is 3.27. The highest BCUT2D eigenvalue weighted by Gasteiger charge is 2.13. The lowest BCUT2D eigenvalue weighted by Crippen LogP contribution is -2.12. The smallest absolute Gasteiger partial charge is 0.227 e. The summed E-state index contributed by atoms with van der Waals surface area (Å²) < 4.78 is 6.28. The highest BCUT2D eigenvalue weighted by Crippen LogP contribution is 2.29. The SMILES string of the molecule is Cc1cc(C)c2nc(NC(=O)CCc3nc(-c4cccnc4)no3)sc2c1. The molecule has 0 saturated carbocycles. The Morgan fingerprint density at radius 3 is 2.96 bits per heavy atom. The molecule has 1 N–H and O–H groups in total. The normalized spacial score (nSPS) is 11.0. The van der Waals surface area contributed by atoms with Gasteiger partial charge in [0.1, 0.15) is 0 Å². The molecular weight excluding hydrogens is 362 g/mol. The number of thiazole rings is 1. The maximum absolute atomic E-state index is 12.2. The molecule has 0 aliphatic carbocycles. The van der Waals surface area contributed by atoms with Crippen LogP contribution in [-0.2, 0) is 11.2 Å². The molecule has 7 nitrogen and oxygen atoms in total. The van der Waals surface area contributed by atoms with Crippen molar-refractivity contribution in [1.82, 2.24) is 20.1 Å². The van der Waals surface area contributed by atoms with Crippen molar-refractivity contribution in [1.29, 1.82) is 0 Å². The molecule has 8 heteroatoms. The van der Waals surface area contributed by atoms with Crippen LogP contribution in [0.15, 0.2) is 41.2 Å². The molecule has 27 heavy (non-hydrogen) atoms. The lowest BCUT2D eigenvalue weighted by Gasteiger charge is -1.98. The van der Waals surface area contributed by atoms with E-state index in [0.29, 0.717) is 23.3 Å². The number of carbonyl (C=O) groups is 1. The standard InChI is InChI=1S/C19H17N5O2S/c1-11-8-12(2)17-14(9-11)27-19(23-17)21-15(25)5-6-16-22-18(24-26-16)13-4-3-7-20-10-13/h3-4,7-10H,5-6H2,1-2H3,(H,21,23,25). The number of aromatic nitrogens is 4. The molecule has 4 aromatic rings. The van der Waals surface area contributed by atoms with E-state index < -0.39 is 0 Å². The number of hydrogen-bond acceptors (Lipinski definition) is 7. The van der Waals surface area contributed by atoms with Gasteiger partial charge >= 0.3 is 0 Å². The average molecular weight is 379 g/mol. The van der Waals surface area contributed by atoms with Crippen molar-refractivity contribution in [2.75, 3.05) is 5.32 Å². The van der Waals surface area contributed by atoms with Crippen LogP contribution < -0.4 is 5.32 Å². The first kappa shape index (κ1) is 17.3. The number of carbonyl (C=O) groups excluding carboxylic acids is 1. The molecule has 4 rings (SSSR count). The lowest BCUT2D eigenvalue weighted by atomic mass is 10.1. The van der Waals surface area contributed by atoms with Crippen molar-refractivity contribution in [3.63, 3.8) is 0 Å². The number of benzene rings is 1. The van der Waals surface area contributed by atoms with Crippen LogP contribution in [0.3, 0.4) is 0 Å². The predicted octanol–water partition coefficient (Wildman–Crippen LogP) is 3.93. The Morgan fingerprint density at radius 1 is 1.26 bits per heavy atom. The van der Waals surface area contributed by atoms with Crippen molar-refractivity contribution >= 4 is 32.6 Å². The molecule has 3 aromatic heterocycles. The molecule has 1 aromatic carbocycles. The van der Waals surface area contributed by atoms with Crippen molar-refractivity contribution in [2.24, 2.45) is 0 Å². The van der Waals surface area contributed by atoms with Crippen LogP contribution in [-0.4, -0.2) is 26.0 Å². The fourth-order valence-corrected chi connectivity index (χ4v) is 3.85. The van der Waals surface area contributed by atoms with Crippen LogP contribution in [0, 0.1) is 13.8 Å². The lowest BCUT2D eigenvalue weighted by molar-refractivity contribution is -0.116. The number of nitrogens with zero attached hydrogens (tertiary/aromatic N) is 4. The Morgan fingerprint density at radius 2 is 2.15 bits per heavy atom. The van der Waals surface area contributed by atoms with Crippen LogP contribution in [0.25, 0.3) is 21.6 Å². The van der Waals surface area contributed by atoms with Gasteiger partial charge in [0.2, 0.25) is 17.6 Å². The summed E-state index contributed by atoms with van der Waals surface area (Å²) in [5.41, 5.74) is 3.99. The molecule has 0 aliphatic rings. The van der Waals surface area contributed by atoms with E-state index in [1.54, 1.807) is 18.5 Å². The molecular formula is C19H17N5O2S. The summed E-state index contributed by atoms with van der Waals surface area (Å²) in [7, 11) is 0. The second kappa shape index (κ2) is 7.24. The highest BCUT2D eigenvalue weighted by molar-refractivity contribution is 7.22. The largest absolute Gasteiger partial charge is 0.339 e. The van der Waals surface area contributed by atoms with Gasteiger partial charge in [-0.1, -0.05) is 22.6 Å². The molecule has 136 valence electrons. The maximum atomic E-state index is 12.2. The summed E-state index contributed by atoms with van der Waals surface area (Å²) in [4.78, 5) is 25.1. The van der Waals surface area contributed by atoms with E-state index in [1.807, 2.05) is 13.0 Å². The van der Waals surface area contributed by atoms with Gasteiger partial charge in [0.15, 0.2) is 5.13 Å². The van der Waals surface area contributed by atoms with E-state index in [1.165, 1.54) is 16.9 Å². The van der Waals surface area contributed by atoms with Gasteiger partial charge in [-0.05, 0) is 43.2 Å². The molecule has 0 saturated heterocycles. The van der Waals surface area contributed by atoms with Crippen LogP contribution in [0.4, 0.5) is 5.13 Å². The van der Waals surface area contributed by atoms with E-state index in [2.05, 4.69) is 44.5 Å². The zero-order valence-corrected chi connectivity index (χ0v) is 15.7. The fraction of sp³-hybridized carbons (Fsp3) is 0.211. The predicted molar refractivity (Wildman–Crippen MR) is 104 cm³/mol. The van der Waals surface area contributed by atoms with Gasteiger partial charge in [-0.15, -0.1) is 0 Å². The number of nitrogens with one attached hydrogen (secondary N) is 1. The molecule has 0 unspecified atom stereocenters. The molecule has 0 fully saturated rings. The third-order valence-electron chi connectivity index (χ3n) is 4.03. The summed E-state index contributed by atoms with van der Waals surface area (Å²) in [6.07, 6.45) is 3.95. The number of rotatable bonds is 5. The molecule has 3 heterocycles. The van der Waals surface area contributed by atoms with Crippen molar-refractivity contribution in [2.45, 2.75) is 26.7 Å². The van der Waals surface area contributed by atoms with Crippen molar-refractivity contribution in [3.8, 4) is 11.4 Å². The number of amides is 1. The molecule has 0 atom stereocenters. The van der Waals surface area contributed by atoms with E-state index in [4.69, 9.17) is 4.52 Å². The Hall–Kier alpha value is -3.13. The van der Waals surface area contributed by atoms with Crippen molar-refractivity contribution in [3.05, 3.63) is 53.7 Å². The first-order valence-corrected chi connectivity index (χ1v) is 9.31. The zero-order chi connectivity index (χ0) is 18.8. The highest BCUT2D eigenvalue weighted by atomic mass is 32.1. The van der Waals surface area contributed by atoms with Gasteiger partial charge in [-0.3, -0.25) is 9.78 Å². The first-order chi connectivity index (χ1) is 13.1. The summed E-state index contributed by atoms with van der Waals surface area (Å²) in [6, 6.07) is 7.82. The second-order valence-electron chi connectivity index (χ2n) is 6.25. The minimum Gasteiger partial charge on any atom is -0.339 e. The van der Waals surface area contributed by atoms with Gasteiger partial charge in [-0.25, -0.2) is 4.98 Å². The van der Waals surface area contributed by atoms with E-state index >= 15 is 0 Å². The Balaban J connectivity index is 1.39. The number of fused-ring (bicyclic) bond motifs is 1. The van der Waals surface area contributed by atoms with E-state index in [0.717, 1.165) is 21.3 Å². The van der Waals surface area contributed by atoms with Crippen LogP contribution in [0.2, 0.25) is 0 Å². The topological polar surface area (TPSA) is 93.8 Å². The van der Waals surface area contributed by atoms with Gasteiger partial charge < -0.3 is 9.84 Å². The quantitative estimate of drug-likeness (QED) is 0.565. The van der Waals surface area contributed by atoms with Crippen molar-refractivity contribution < 1.29 is 9.32 Å². The number of hydrogen-bond donors (Lipinski definition) is 1. The minimum atomic E-state index is -0.135. The van der Waals surface area contributed by atoms with Gasteiger partial charge in [0.05, 0.1) is 10.2 Å². The zero-order valence-electron chi connectivity index (χ0n) is 14.9. The Bertz CT molecular complexity index is 1100. The van der Waals surface area contributed by atoms with Crippen LogP contribution in [0.1, 0.15) is 23.4 Å². The van der Waals surface area contributed by atoms with E-state index in [9.17, 15) is 4.79 Å². The van der Waals surface area contributed by atoms with E-state index in [-0.39, 0.29) is 12.3 Å². The molecule has 0 radical (unpaired) electrons. The first-order valence-electron chi connectivity index (χ1n) is 8.49. The molecule has 1 amide bonds. The minimum absolute atomic E-state index is 0.135. The van der Waals surface area contributed by atoms with Gasteiger partial charge in [0.25, 0.3) is 0 Å². The summed E-state index contributed by atoms with van der Waals surface area (Å²) in [5, 5.41) is 7.38. The van der Waals surface area contributed by atoms with Crippen LogP contribution in [0.5, 0.6) is 0 Å². The fourth-order valence-electron chi connectivity index (χ4n) is 2.79.